The minimum Gasteiger partial charge on any atom is -0.489 e. The van der Waals surface area contributed by atoms with E-state index in [1.54, 1.807) is 6.07 Å². The van der Waals surface area contributed by atoms with E-state index in [9.17, 15) is 9.59 Å². The van der Waals surface area contributed by atoms with Crippen molar-refractivity contribution in [3.8, 4) is 5.75 Å². The predicted molar refractivity (Wildman–Crippen MR) is 115 cm³/mol. The third kappa shape index (κ3) is 6.76. The molecule has 6 heteroatoms. The van der Waals surface area contributed by atoms with Gasteiger partial charge in [-0.05, 0) is 41.8 Å². The van der Waals surface area contributed by atoms with Gasteiger partial charge >= 0.3 is 0 Å². The van der Waals surface area contributed by atoms with E-state index in [0.29, 0.717) is 24.6 Å². The van der Waals surface area contributed by atoms with E-state index in [-0.39, 0.29) is 11.8 Å². The molecule has 0 aliphatic rings. The summed E-state index contributed by atoms with van der Waals surface area (Å²) in [6.07, 6.45) is 0.745. The summed E-state index contributed by atoms with van der Waals surface area (Å²) in [7, 11) is 0. The van der Waals surface area contributed by atoms with Gasteiger partial charge in [-0.15, -0.1) is 11.3 Å². The summed E-state index contributed by atoms with van der Waals surface area (Å²) in [6.45, 7) is 3.03. The zero-order valence-electron chi connectivity index (χ0n) is 16.3. The lowest BCUT2D eigenvalue weighted by molar-refractivity contribution is -0.119. The first kappa shape index (κ1) is 20.6. The predicted octanol–water partition coefficient (Wildman–Crippen LogP) is 3.94. The summed E-state index contributed by atoms with van der Waals surface area (Å²) in [5.41, 5.74) is 2.27. The Morgan fingerprint density at radius 2 is 1.66 bits per heavy atom. The van der Waals surface area contributed by atoms with Crippen molar-refractivity contribution in [3.63, 3.8) is 0 Å². The van der Waals surface area contributed by atoms with Gasteiger partial charge in [-0.3, -0.25) is 9.59 Å². The Bertz CT molecular complexity index is 936. The molecule has 3 rings (SSSR count). The highest BCUT2D eigenvalue weighted by molar-refractivity contribution is 7.14. The van der Waals surface area contributed by atoms with Crippen molar-refractivity contribution < 1.29 is 14.3 Å². The van der Waals surface area contributed by atoms with Gasteiger partial charge in [-0.25, -0.2) is 0 Å². The highest BCUT2D eigenvalue weighted by atomic mass is 32.1. The molecule has 0 radical (unpaired) electrons. The molecular formula is C23H24N2O3S. The second kappa shape index (κ2) is 10.4. The lowest BCUT2D eigenvalue weighted by Crippen LogP contribution is -2.24. The first-order valence-corrected chi connectivity index (χ1v) is 10.3. The van der Waals surface area contributed by atoms with E-state index in [1.807, 2.05) is 60.7 Å². The van der Waals surface area contributed by atoms with E-state index in [2.05, 4.69) is 10.6 Å². The minimum atomic E-state index is -0.0908. The van der Waals surface area contributed by atoms with Crippen LogP contribution in [0.25, 0.3) is 0 Å². The minimum absolute atomic E-state index is 0.0825. The van der Waals surface area contributed by atoms with E-state index >= 15 is 0 Å². The molecule has 0 unspecified atom stereocenters. The fourth-order valence-electron chi connectivity index (χ4n) is 2.71. The summed E-state index contributed by atoms with van der Waals surface area (Å²) in [5, 5.41) is 5.67. The highest BCUT2D eigenvalue weighted by Crippen LogP contribution is 2.17. The molecular weight excluding hydrogens is 384 g/mol. The van der Waals surface area contributed by atoms with E-state index < -0.39 is 0 Å². The van der Waals surface area contributed by atoms with Crippen molar-refractivity contribution in [2.24, 2.45) is 0 Å². The molecule has 29 heavy (non-hydrogen) atoms. The van der Waals surface area contributed by atoms with Gasteiger partial charge in [0.1, 0.15) is 12.4 Å². The van der Waals surface area contributed by atoms with Crippen LogP contribution < -0.4 is 15.4 Å². The quantitative estimate of drug-likeness (QED) is 0.564. The first-order valence-electron chi connectivity index (χ1n) is 9.47. The largest absolute Gasteiger partial charge is 0.489 e. The normalized spacial score (nSPS) is 10.4. The zero-order chi connectivity index (χ0) is 20.5. The molecule has 5 nitrogen and oxygen atoms in total. The van der Waals surface area contributed by atoms with Crippen LogP contribution in [0.4, 0.5) is 0 Å². The van der Waals surface area contributed by atoms with Crippen LogP contribution in [-0.4, -0.2) is 18.4 Å². The topological polar surface area (TPSA) is 67.4 Å². The zero-order valence-corrected chi connectivity index (χ0v) is 17.1. The SMILES string of the molecule is CC(=O)NCc1ccc(C(=O)NCCc2ccc(OCc3ccccc3)cc2)s1. The third-order valence-electron chi connectivity index (χ3n) is 4.27. The van der Waals surface area contributed by atoms with Gasteiger partial charge in [0.05, 0.1) is 11.4 Å². The van der Waals surface area contributed by atoms with Crippen LogP contribution in [0.15, 0.2) is 66.7 Å². The number of thiophene rings is 1. The second-order valence-corrected chi connectivity index (χ2v) is 7.77. The number of ether oxygens (including phenoxy) is 1. The number of rotatable bonds is 9. The summed E-state index contributed by atoms with van der Waals surface area (Å²) in [5.74, 6) is 0.652. The molecule has 0 spiro atoms. The molecule has 0 bridgehead atoms. The van der Waals surface area contributed by atoms with Crippen molar-refractivity contribution in [1.29, 1.82) is 0 Å². The maximum Gasteiger partial charge on any atom is 0.261 e. The molecule has 1 aromatic heterocycles. The molecule has 0 aliphatic carbocycles. The van der Waals surface area contributed by atoms with Gasteiger partial charge in [0.25, 0.3) is 5.91 Å². The van der Waals surface area contributed by atoms with Gasteiger partial charge in [0.2, 0.25) is 5.91 Å². The van der Waals surface area contributed by atoms with Gasteiger partial charge < -0.3 is 15.4 Å². The van der Waals surface area contributed by atoms with Crippen molar-refractivity contribution in [2.75, 3.05) is 6.54 Å². The average molecular weight is 409 g/mol. The Morgan fingerprint density at radius 3 is 2.38 bits per heavy atom. The summed E-state index contributed by atoms with van der Waals surface area (Å²) < 4.78 is 5.79. The molecule has 0 saturated carbocycles. The second-order valence-electron chi connectivity index (χ2n) is 6.60. The van der Waals surface area contributed by atoms with Crippen molar-refractivity contribution >= 4 is 23.2 Å². The van der Waals surface area contributed by atoms with Crippen LogP contribution in [0.1, 0.15) is 32.6 Å². The third-order valence-corrected chi connectivity index (χ3v) is 5.35. The van der Waals surface area contributed by atoms with Gasteiger partial charge in [0.15, 0.2) is 0 Å². The Morgan fingerprint density at radius 1 is 0.897 bits per heavy atom. The molecule has 0 atom stereocenters. The monoisotopic (exact) mass is 408 g/mol. The number of carbonyl (C=O) groups excluding carboxylic acids is 2. The van der Waals surface area contributed by atoms with Crippen LogP contribution in [-0.2, 0) is 24.4 Å². The van der Waals surface area contributed by atoms with E-state index in [0.717, 1.165) is 28.2 Å². The molecule has 2 amide bonds. The number of hydrogen-bond donors (Lipinski definition) is 2. The Balaban J connectivity index is 1.41. The van der Waals surface area contributed by atoms with E-state index in [1.165, 1.54) is 18.3 Å². The Labute approximate surface area is 174 Å². The molecule has 2 N–H and O–H groups in total. The molecule has 0 saturated heterocycles. The fourth-order valence-corrected chi connectivity index (χ4v) is 3.57. The number of carbonyl (C=O) groups is 2. The standard InChI is InChI=1S/C23H24N2O3S/c1-17(26)25-15-21-11-12-22(29-21)23(27)24-14-13-18-7-9-20(10-8-18)28-16-19-5-3-2-4-6-19/h2-12H,13-16H2,1H3,(H,24,27)(H,25,26). The van der Waals surface area contributed by atoms with E-state index in [4.69, 9.17) is 4.74 Å². The maximum atomic E-state index is 12.3. The number of benzene rings is 2. The fraction of sp³-hybridized carbons (Fsp3) is 0.217. The Kier molecular flexibility index (Phi) is 7.41. The summed E-state index contributed by atoms with van der Waals surface area (Å²) >= 11 is 1.39. The smallest absolute Gasteiger partial charge is 0.261 e. The van der Waals surface area contributed by atoms with Crippen LogP contribution in [0, 0.1) is 0 Å². The Hall–Kier alpha value is -3.12. The van der Waals surface area contributed by atoms with Crippen molar-refractivity contribution in [3.05, 3.63) is 87.6 Å². The van der Waals surface area contributed by atoms with Gasteiger partial charge in [0, 0.05) is 18.3 Å². The van der Waals surface area contributed by atoms with Crippen LogP contribution >= 0.6 is 11.3 Å². The molecule has 0 fully saturated rings. The maximum absolute atomic E-state index is 12.3. The lowest BCUT2D eigenvalue weighted by Gasteiger charge is -2.08. The average Bonchev–Trinajstić information content (AvgIpc) is 3.22. The molecule has 2 aromatic carbocycles. The van der Waals surface area contributed by atoms with Gasteiger partial charge in [-0.1, -0.05) is 42.5 Å². The first-order chi connectivity index (χ1) is 14.1. The van der Waals surface area contributed by atoms with Crippen LogP contribution in [0.5, 0.6) is 5.75 Å². The summed E-state index contributed by atoms with van der Waals surface area (Å²) in [6, 6.07) is 21.6. The number of hydrogen-bond acceptors (Lipinski definition) is 4. The number of amides is 2. The molecule has 150 valence electrons. The highest BCUT2D eigenvalue weighted by Gasteiger charge is 2.09. The summed E-state index contributed by atoms with van der Waals surface area (Å²) in [4.78, 5) is 24.8. The molecule has 0 aliphatic heterocycles. The lowest BCUT2D eigenvalue weighted by atomic mass is 10.1. The number of nitrogens with one attached hydrogen (secondary N) is 2. The van der Waals surface area contributed by atoms with Crippen LogP contribution in [0.2, 0.25) is 0 Å². The van der Waals surface area contributed by atoms with Crippen LogP contribution in [0.3, 0.4) is 0 Å². The van der Waals surface area contributed by atoms with Crippen molar-refractivity contribution in [2.45, 2.75) is 26.5 Å². The molecule has 1 heterocycles. The van der Waals surface area contributed by atoms with Crippen molar-refractivity contribution in [1.82, 2.24) is 10.6 Å². The van der Waals surface area contributed by atoms with Gasteiger partial charge in [-0.2, -0.15) is 0 Å². The molecule has 3 aromatic rings.